The van der Waals surface area contributed by atoms with E-state index in [-0.39, 0.29) is 5.75 Å². The van der Waals surface area contributed by atoms with Gasteiger partial charge in [-0.3, -0.25) is 4.90 Å². The molecule has 0 radical (unpaired) electrons. The van der Waals surface area contributed by atoms with Crippen LogP contribution in [0.3, 0.4) is 0 Å². The van der Waals surface area contributed by atoms with Gasteiger partial charge in [-0.1, -0.05) is 6.07 Å². The molecule has 0 spiro atoms. The van der Waals surface area contributed by atoms with E-state index in [1.165, 1.54) is 11.0 Å². The van der Waals surface area contributed by atoms with Crippen molar-refractivity contribution in [3.8, 4) is 5.75 Å². The van der Waals surface area contributed by atoms with Gasteiger partial charge < -0.3 is 19.6 Å². The van der Waals surface area contributed by atoms with Crippen LogP contribution in [0, 0.1) is 0 Å². The Bertz CT molecular complexity index is 640. The van der Waals surface area contributed by atoms with Gasteiger partial charge in [-0.25, -0.2) is 4.79 Å². The van der Waals surface area contributed by atoms with Crippen molar-refractivity contribution < 1.29 is 27.8 Å². The first-order valence-corrected chi connectivity index (χ1v) is 8.66. The second-order valence-corrected chi connectivity index (χ2v) is 6.58. The van der Waals surface area contributed by atoms with Gasteiger partial charge in [0.15, 0.2) is 0 Å². The minimum atomic E-state index is -4.75. The fourth-order valence-electron chi connectivity index (χ4n) is 3.40. The number of amides is 1. The predicted octanol–water partition coefficient (Wildman–Crippen LogP) is 2.98. The van der Waals surface area contributed by atoms with Gasteiger partial charge in [0.25, 0.3) is 0 Å². The third-order valence-corrected chi connectivity index (χ3v) is 4.78. The first kappa shape index (κ1) is 18.6. The number of ether oxygens (including phenoxy) is 1. The molecule has 0 unspecified atom stereocenters. The smallest absolute Gasteiger partial charge is 0.465 e. The molecule has 0 aromatic heterocycles. The molecule has 0 bridgehead atoms. The lowest BCUT2D eigenvalue weighted by atomic mass is 10.1. The molecule has 1 N–H and O–H groups in total. The van der Waals surface area contributed by atoms with Gasteiger partial charge >= 0.3 is 12.5 Å². The van der Waals surface area contributed by atoms with Crippen molar-refractivity contribution in [3.63, 3.8) is 0 Å². The van der Waals surface area contributed by atoms with Crippen LogP contribution in [0.15, 0.2) is 18.2 Å². The average Bonchev–Trinajstić information content (AvgIpc) is 3.10. The molecular weight excluding hydrogens is 351 g/mol. The Balaban J connectivity index is 1.73. The minimum Gasteiger partial charge on any atom is -0.465 e. The second kappa shape index (κ2) is 7.61. The zero-order valence-corrected chi connectivity index (χ0v) is 14.3. The van der Waals surface area contributed by atoms with E-state index >= 15 is 0 Å². The molecule has 1 amide bonds. The number of hydrogen-bond donors (Lipinski definition) is 1. The molecule has 9 heteroatoms. The molecule has 2 saturated heterocycles. The first-order valence-electron chi connectivity index (χ1n) is 8.66. The van der Waals surface area contributed by atoms with Gasteiger partial charge in [0.05, 0.1) is 0 Å². The van der Waals surface area contributed by atoms with E-state index in [0.717, 1.165) is 31.6 Å². The molecule has 0 saturated carbocycles. The topological polar surface area (TPSA) is 56.2 Å². The lowest BCUT2D eigenvalue weighted by molar-refractivity contribution is -0.275. The van der Waals surface area contributed by atoms with E-state index in [0.29, 0.717) is 38.3 Å². The number of alkyl halides is 3. The van der Waals surface area contributed by atoms with Crippen LogP contribution in [0.25, 0.3) is 0 Å². The van der Waals surface area contributed by atoms with Crippen LogP contribution in [0.5, 0.6) is 5.75 Å². The molecule has 0 atom stereocenters. The highest BCUT2D eigenvalue weighted by molar-refractivity contribution is 5.65. The third-order valence-electron chi connectivity index (χ3n) is 4.78. The van der Waals surface area contributed by atoms with Gasteiger partial charge in [0, 0.05) is 63.1 Å². The molecule has 0 aliphatic carbocycles. The molecule has 144 valence electrons. The Hall–Kier alpha value is -2.16. The van der Waals surface area contributed by atoms with Crippen LogP contribution in [-0.4, -0.2) is 66.6 Å². The number of halogens is 3. The first-order chi connectivity index (χ1) is 12.3. The van der Waals surface area contributed by atoms with Crippen molar-refractivity contribution in [1.29, 1.82) is 0 Å². The van der Waals surface area contributed by atoms with Gasteiger partial charge in [-0.15, -0.1) is 13.2 Å². The maximum atomic E-state index is 12.8. The van der Waals surface area contributed by atoms with Gasteiger partial charge in [0.1, 0.15) is 5.75 Å². The SMILES string of the molecule is O=C(O)N1CCN(Cc2ccc(N3CCCC3)cc2OC(F)(F)F)CC1. The molecule has 1 aromatic carbocycles. The van der Waals surface area contributed by atoms with E-state index in [2.05, 4.69) is 9.64 Å². The molecule has 3 rings (SSSR count). The summed E-state index contributed by atoms with van der Waals surface area (Å²) in [6.07, 6.45) is -3.66. The summed E-state index contributed by atoms with van der Waals surface area (Å²) in [7, 11) is 0. The van der Waals surface area contributed by atoms with E-state index in [4.69, 9.17) is 5.11 Å². The zero-order chi connectivity index (χ0) is 18.7. The Morgan fingerprint density at radius 1 is 1.08 bits per heavy atom. The van der Waals surface area contributed by atoms with Crippen molar-refractivity contribution in [2.75, 3.05) is 44.2 Å². The van der Waals surface area contributed by atoms with E-state index in [9.17, 15) is 18.0 Å². The van der Waals surface area contributed by atoms with Crippen molar-refractivity contribution in [2.24, 2.45) is 0 Å². The number of benzene rings is 1. The standard InChI is InChI=1S/C17H22F3N3O3/c18-17(19,20)26-15-11-14(22-5-1-2-6-22)4-3-13(15)12-21-7-9-23(10-8-21)16(24)25/h3-4,11H,1-2,5-10,12H2,(H,24,25). The Morgan fingerprint density at radius 3 is 2.31 bits per heavy atom. The molecule has 2 heterocycles. The van der Waals surface area contributed by atoms with Crippen molar-refractivity contribution in [1.82, 2.24) is 9.80 Å². The molecule has 6 nitrogen and oxygen atoms in total. The maximum Gasteiger partial charge on any atom is 0.573 e. The Morgan fingerprint density at radius 2 is 1.73 bits per heavy atom. The number of carbonyl (C=O) groups is 1. The number of anilines is 1. The predicted molar refractivity (Wildman–Crippen MR) is 89.4 cm³/mol. The van der Waals surface area contributed by atoms with Gasteiger partial charge in [-0.2, -0.15) is 0 Å². The third kappa shape index (κ3) is 4.72. The number of hydrogen-bond acceptors (Lipinski definition) is 4. The molecule has 2 fully saturated rings. The van der Waals surface area contributed by atoms with Crippen molar-refractivity contribution in [3.05, 3.63) is 23.8 Å². The highest BCUT2D eigenvalue weighted by Gasteiger charge is 2.33. The van der Waals surface area contributed by atoms with E-state index < -0.39 is 12.5 Å². The monoisotopic (exact) mass is 373 g/mol. The maximum absolute atomic E-state index is 12.8. The minimum absolute atomic E-state index is 0.178. The summed E-state index contributed by atoms with van der Waals surface area (Å²) in [6, 6.07) is 4.97. The summed E-state index contributed by atoms with van der Waals surface area (Å²) in [5.41, 5.74) is 1.19. The van der Waals surface area contributed by atoms with E-state index in [1.54, 1.807) is 6.07 Å². The lowest BCUT2D eigenvalue weighted by Gasteiger charge is -2.33. The quantitative estimate of drug-likeness (QED) is 0.879. The highest BCUT2D eigenvalue weighted by atomic mass is 19.4. The molecular formula is C17H22F3N3O3. The number of rotatable bonds is 4. The summed E-state index contributed by atoms with van der Waals surface area (Å²) in [6.45, 7) is 3.60. The molecule has 2 aliphatic heterocycles. The van der Waals surface area contributed by atoms with Crippen LogP contribution in [0.4, 0.5) is 23.7 Å². The normalized spacial score (nSPS) is 19.0. The molecule has 2 aliphatic rings. The van der Waals surface area contributed by atoms with Crippen molar-refractivity contribution >= 4 is 11.8 Å². The van der Waals surface area contributed by atoms with Crippen LogP contribution >= 0.6 is 0 Å². The number of piperazine rings is 1. The summed E-state index contributed by atoms with van der Waals surface area (Å²) >= 11 is 0. The summed E-state index contributed by atoms with van der Waals surface area (Å²) < 4.78 is 42.8. The fraction of sp³-hybridized carbons (Fsp3) is 0.588. The van der Waals surface area contributed by atoms with Gasteiger partial charge in [-0.05, 0) is 18.9 Å². The average molecular weight is 373 g/mol. The number of nitrogens with zero attached hydrogens (tertiary/aromatic N) is 3. The summed E-state index contributed by atoms with van der Waals surface area (Å²) in [4.78, 5) is 16.2. The zero-order valence-electron chi connectivity index (χ0n) is 14.3. The van der Waals surface area contributed by atoms with Crippen LogP contribution in [0.2, 0.25) is 0 Å². The van der Waals surface area contributed by atoms with Crippen LogP contribution in [-0.2, 0) is 6.54 Å². The van der Waals surface area contributed by atoms with Crippen molar-refractivity contribution in [2.45, 2.75) is 25.7 Å². The summed E-state index contributed by atoms with van der Waals surface area (Å²) in [5.74, 6) is -0.178. The fourth-order valence-corrected chi connectivity index (χ4v) is 3.40. The van der Waals surface area contributed by atoms with E-state index in [1.807, 2.05) is 11.0 Å². The highest BCUT2D eigenvalue weighted by Crippen LogP contribution is 2.32. The molecule has 1 aromatic rings. The van der Waals surface area contributed by atoms with Gasteiger partial charge in [0.2, 0.25) is 0 Å². The Kier molecular flexibility index (Phi) is 5.45. The second-order valence-electron chi connectivity index (χ2n) is 6.58. The van der Waals surface area contributed by atoms with Crippen LogP contribution in [0.1, 0.15) is 18.4 Å². The molecule has 26 heavy (non-hydrogen) atoms. The number of carboxylic acid groups (broad SMARTS) is 1. The lowest BCUT2D eigenvalue weighted by Crippen LogP contribution is -2.47. The largest absolute Gasteiger partial charge is 0.573 e. The Labute approximate surface area is 149 Å². The van der Waals surface area contributed by atoms with Crippen LogP contribution < -0.4 is 9.64 Å². The summed E-state index contributed by atoms with van der Waals surface area (Å²) in [5, 5.41) is 8.98.